The molecule has 4 heteroatoms. The molecule has 0 aromatic rings. The van der Waals surface area contributed by atoms with Crippen LogP contribution in [-0.2, 0) is 0 Å². The quantitative estimate of drug-likeness (QED) is 0.465. The van der Waals surface area contributed by atoms with E-state index in [9.17, 15) is 0 Å². The van der Waals surface area contributed by atoms with Gasteiger partial charge in [-0.1, -0.05) is 27.7 Å². The van der Waals surface area contributed by atoms with Crippen LogP contribution in [0.5, 0.6) is 0 Å². The molecule has 12 atom stereocenters. The van der Waals surface area contributed by atoms with Crippen LogP contribution in [0.25, 0.3) is 0 Å². The van der Waals surface area contributed by atoms with Gasteiger partial charge in [0.15, 0.2) is 0 Å². The van der Waals surface area contributed by atoms with Gasteiger partial charge in [0.1, 0.15) is 0 Å². The lowest BCUT2D eigenvalue weighted by atomic mass is 9.81. The van der Waals surface area contributed by atoms with E-state index >= 15 is 0 Å². The van der Waals surface area contributed by atoms with Crippen LogP contribution in [0.15, 0.2) is 8.47 Å². The molecule has 0 radical (unpaired) electrons. The topological polar surface area (TPSA) is 0 Å². The monoisotopic (exact) mass is 396 g/mol. The van der Waals surface area contributed by atoms with Gasteiger partial charge in [0.2, 0.25) is 0 Å². The van der Waals surface area contributed by atoms with Crippen LogP contribution in [0.1, 0.15) is 40.5 Å². The third-order valence-corrected chi connectivity index (χ3v) is 16.3. The van der Waals surface area contributed by atoms with Gasteiger partial charge in [-0.05, 0) is 60.2 Å². The highest BCUT2D eigenvalue weighted by Gasteiger charge is 2.61. The van der Waals surface area contributed by atoms with Crippen molar-refractivity contribution in [2.45, 2.75) is 61.5 Å². The summed E-state index contributed by atoms with van der Waals surface area (Å²) in [6, 6.07) is 0. The van der Waals surface area contributed by atoms with Crippen molar-refractivity contribution in [2.24, 2.45) is 47.3 Å². The predicted molar refractivity (Wildman–Crippen MR) is 112 cm³/mol. The second kappa shape index (κ2) is 5.35. The molecule has 6 fully saturated rings. The van der Waals surface area contributed by atoms with E-state index in [2.05, 4.69) is 74.7 Å². The largest absolute Gasteiger partial charge is 0.113 e. The molecule has 2 aliphatic heterocycles. The van der Waals surface area contributed by atoms with Crippen LogP contribution in [0, 0.1) is 47.3 Å². The second-order valence-electron chi connectivity index (χ2n) is 9.47. The number of rotatable bonds is 0. The highest BCUT2D eigenvalue weighted by molar-refractivity contribution is 8.31. The van der Waals surface area contributed by atoms with E-state index in [0.29, 0.717) is 0 Å². The zero-order valence-corrected chi connectivity index (χ0v) is 18.2. The molecule has 6 rings (SSSR count). The van der Waals surface area contributed by atoms with Crippen LogP contribution >= 0.6 is 47.0 Å². The molecule has 6 aliphatic rings. The van der Waals surface area contributed by atoms with E-state index in [1.54, 1.807) is 8.47 Å². The van der Waals surface area contributed by atoms with Gasteiger partial charge in [-0.3, -0.25) is 0 Å². The van der Waals surface area contributed by atoms with Crippen LogP contribution in [-0.4, -0.2) is 21.0 Å². The molecular weight excluding hydrogens is 368 g/mol. The number of hydrogen-bond acceptors (Lipinski definition) is 4. The molecule has 0 aromatic heterocycles. The average Bonchev–Trinajstić information content (AvgIpc) is 3.30. The van der Waals surface area contributed by atoms with Gasteiger partial charge in [-0.2, -0.15) is 0 Å². The van der Waals surface area contributed by atoms with Gasteiger partial charge in [0, 0.05) is 21.0 Å². The van der Waals surface area contributed by atoms with E-state index in [1.807, 2.05) is 0 Å². The zero-order chi connectivity index (χ0) is 16.3. The predicted octanol–water partition coefficient (Wildman–Crippen LogP) is 6.39. The number of fused-ring (bicyclic) bond motifs is 10. The van der Waals surface area contributed by atoms with Gasteiger partial charge in [0.25, 0.3) is 0 Å². The van der Waals surface area contributed by atoms with Crippen molar-refractivity contribution in [1.82, 2.24) is 0 Å². The summed E-state index contributed by atoms with van der Waals surface area (Å²) in [6.45, 7) is 10.1. The Morgan fingerprint density at radius 3 is 1.00 bits per heavy atom. The lowest BCUT2D eigenvalue weighted by molar-refractivity contribution is 0.274. The van der Waals surface area contributed by atoms with Gasteiger partial charge in [-0.25, -0.2) is 0 Å². The first kappa shape index (κ1) is 16.1. The van der Waals surface area contributed by atoms with Gasteiger partial charge >= 0.3 is 0 Å². The summed E-state index contributed by atoms with van der Waals surface area (Å²) in [7, 11) is 0. The van der Waals surface area contributed by atoms with Gasteiger partial charge in [0.05, 0.1) is 8.47 Å². The van der Waals surface area contributed by atoms with Gasteiger partial charge < -0.3 is 0 Å². The molecule has 24 heavy (non-hydrogen) atoms. The van der Waals surface area contributed by atoms with Crippen molar-refractivity contribution >= 4 is 47.0 Å². The molecule has 2 saturated heterocycles. The maximum absolute atomic E-state index is 2.53. The molecule has 0 nitrogen and oxygen atoms in total. The van der Waals surface area contributed by atoms with Gasteiger partial charge in [-0.15, -0.1) is 47.0 Å². The van der Waals surface area contributed by atoms with Crippen LogP contribution < -0.4 is 0 Å². The normalized spacial score (nSPS) is 66.5. The molecule has 4 saturated carbocycles. The van der Waals surface area contributed by atoms with E-state index in [-0.39, 0.29) is 0 Å². The fraction of sp³-hybridized carbons (Fsp3) is 0.900. The first-order valence-corrected chi connectivity index (χ1v) is 13.5. The molecule has 0 unspecified atom stereocenters. The Bertz CT molecular complexity index is 515. The van der Waals surface area contributed by atoms with Crippen molar-refractivity contribution in [3.8, 4) is 0 Å². The maximum atomic E-state index is 2.53. The van der Waals surface area contributed by atoms with Crippen molar-refractivity contribution < 1.29 is 0 Å². The lowest BCUT2D eigenvalue weighted by Crippen LogP contribution is -2.33. The SMILES string of the molecule is C[C@@H]1[C@H](C)[C@H]2C[C@H]1[C@@H]1SC(=C3S[C@@H]4[C@H]5C[C@@H]([C@@H](C)[C@H]5C)[C@H]4S3)S[C@@H]21. The van der Waals surface area contributed by atoms with E-state index in [1.165, 1.54) is 12.8 Å². The zero-order valence-electron chi connectivity index (χ0n) is 15.0. The van der Waals surface area contributed by atoms with Crippen LogP contribution in [0.4, 0.5) is 0 Å². The Kier molecular flexibility index (Phi) is 3.60. The third-order valence-electron chi connectivity index (χ3n) is 8.92. The van der Waals surface area contributed by atoms with Crippen LogP contribution in [0.2, 0.25) is 0 Å². The average molecular weight is 397 g/mol. The highest BCUT2D eigenvalue weighted by atomic mass is 32.2. The summed E-state index contributed by atoms with van der Waals surface area (Å²) in [5, 5.41) is 3.80. The minimum Gasteiger partial charge on any atom is -0.113 e. The van der Waals surface area contributed by atoms with Crippen molar-refractivity contribution in [1.29, 1.82) is 0 Å². The molecule has 4 aliphatic carbocycles. The molecule has 132 valence electrons. The maximum Gasteiger partial charge on any atom is 0.0609 e. The minimum absolute atomic E-state index is 0.949. The summed E-state index contributed by atoms with van der Waals surface area (Å²) in [5.41, 5.74) is 0. The van der Waals surface area contributed by atoms with E-state index in [4.69, 9.17) is 0 Å². The molecular formula is C20H28S4. The Morgan fingerprint density at radius 1 is 0.500 bits per heavy atom. The van der Waals surface area contributed by atoms with Crippen molar-refractivity contribution in [2.75, 3.05) is 0 Å². The fourth-order valence-corrected chi connectivity index (χ4v) is 15.6. The molecule has 0 aromatic carbocycles. The van der Waals surface area contributed by atoms with Crippen LogP contribution in [0.3, 0.4) is 0 Å². The number of hydrogen-bond donors (Lipinski definition) is 0. The molecule has 2 heterocycles. The second-order valence-corrected chi connectivity index (χ2v) is 14.7. The standard InChI is InChI=1S/C20H28S4/c1-7-8(2)12-5-11(7)15-16(12)22-19(21-15)20-23-17-13-6-14(18(17)24-20)10(4)9(13)3/h7-18H,5-6H2,1-4H3/t7-,8+,9-,10+,11-,12-,13+,14+,15+,16+,17-,18-. The highest BCUT2D eigenvalue weighted by Crippen LogP contribution is 2.72. The fourth-order valence-electron chi connectivity index (χ4n) is 7.11. The Balaban J connectivity index is 1.26. The smallest absolute Gasteiger partial charge is 0.0609 e. The minimum atomic E-state index is 0.949. The van der Waals surface area contributed by atoms with Crippen molar-refractivity contribution in [3.63, 3.8) is 0 Å². The Hall–Kier alpha value is 1.14. The Morgan fingerprint density at radius 2 is 0.750 bits per heavy atom. The number of thioether (sulfide) groups is 4. The first-order valence-electron chi connectivity index (χ1n) is 9.95. The summed E-state index contributed by atoms with van der Waals surface area (Å²) in [4.78, 5) is 0. The van der Waals surface area contributed by atoms with E-state index < -0.39 is 0 Å². The molecule has 0 amide bonds. The molecule has 0 N–H and O–H groups in total. The third kappa shape index (κ3) is 1.91. The summed E-state index contributed by atoms with van der Waals surface area (Å²) in [5.74, 6) is 7.92. The van der Waals surface area contributed by atoms with E-state index in [0.717, 1.165) is 68.3 Å². The summed E-state index contributed by atoms with van der Waals surface area (Å²) >= 11 is 9.25. The molecule has 4 bridgehead atoms. The Labute approximate surface area is 163 Å². The van der Waals surface area contributed by atoms with Crippen molar-refractivity contribution in [3.05, 3.63) is 8.47 Å². The first-order chi connectivity index (χ1) is 11.5. The lowest BCUT2D eigenvalue weighted by Gasteiger charge is -2.32. The summed E-state index contributed by atoms with van der Waals surface area (Å²) < 4.78 is 3.51. The summed E-state index contributed by atoms with van der Waals surface area (Å²) in [6.07, 6.45) is 3.07. The molecule has 0 spiro atoms.